The first-order chi connectivity index (χ1) is 10.1. The predicted octanol–water partition coefficient (Wildman–Crippen LogP) is 2.62. The van der Waals surface area contributed by atoms with E-state index in [2.05, 4.69) is 10.2 Å². The van der Waals surface area contributed by atoms with E-state index in [1.54, 1.807) is 10.9 Å². The maximum atomic E-state index is 13.8. The molecule has 0 aliphatic rings. The molecule has 108 valence electrons. The molecule has 0 amide bonds. The van der Waals surface area contributed by atoms with Crippen LogP contribution in [0.2, 0.25) is 0 Å². The monoisotopic (exact) mass is 289 g/mol. The highest BCUT2D eigenvalue weighted by Gasteiger charge is 2.14. The van der Waals surface area contributed by atoms with E-state index in [-0.39, 0.29) is 5.69 Å². The lowest BCUT2D eigenvalue weighted by Gasteiger charge is -2.02. The lowest BCUT2D eigenvalue weighted by molar-refractivity contribution is 0.574. The van der Waals surface area contributed by atoms with Crippen molar-refractivity contribution in [1.29, 1.82) is 0 Å². The molecular formula is C14H13F2N5. The van der Waals surface area contributed by atoms with E-state index in [0.717, 1.165) is 18.2 Å². The van der Waals surface area contributed by atoms with E-state index >= 15 is 0 Å². The van der Waals surface area contributed by atoms with Gasteiger partial charge in [-0.05, 0) is 19.1 Å². The molecular weight excluding hydrogens is 276 g/mol. The fourth-order valence-corrected chi connectivity index (χ4v) is 2.06. The van der Waals surface area contributed by atoms with Crippen LogP contribution in [0, 0.1) is 11.6 Å². The maximum Gasteiger partial charge on any atom is 0.151 e. The van der Waals surface area contributed by atoms with Crippen LogP contribution in [0.15, 0.2) is 36.8 Å². The van der Waals surface area contributed by atoms with Crippen molar-refractivity contribution in [2.75, 3.05) is 5.73 Å². The average Bonchev–Trinajstić information content (AvgIpc) is 3.05. The number of nitrogen functional groups attached to an aromatic ring is 1. The van der Waals surface area contributed by atoms with Crippen molar-refractivity contribution in [2.24, 2.45) is 0 Å². The molecule has 5 nitrogen and oxygen atoms in total. The third-order valence-electron chi connectivity index (χ3n) is 3.13. The zero-order valence-corrected chi connectivity index (χ0v) is 11.3. The average molecular weight is 289 g/mol. The summed E-state index contributed by atoms with van der Waals surface area (Å²) in [6.07, 6.45) is 4.95. The van der Waals surface area contributed by atoms with Crippen LogP contribution in [0.25, 0.3) is 16.9 Å². The van der Waals surface area contributed by atoms with Gasteiger partial charge < -0.3 is 5.73 Å². The smallest absolute Gasteiger partial charge is 0.151 e. The Morgan fingerprint density at radius 1 is 1.24 bits per heavy atom. The quantitative estimate of drug-likeness (QED) is 0.806. The van der Waals surface area contributed by atoms with Crippen molar-refractivity contribution >= 4 is 5.69 Å². The normalized spacial score (nSPS) is 11.0. The van der Waals surface area contributed by atoms with Gasteiger partial charge in [0.15, 0.2) is 5.82 Å². The van der Waals surface area contributed by atoms with Crippen LogP contribution < -0.4 is 5.73 Å². The van der Waals surface area contributed by atoms with E-state index in [9.17, 15) is 8.78 Å². The van der Waals surface area contributed by atoms with E-state index in [4.69, 9.17) is 5.73 Å². The molecule has 0 atom stereocenters. The summed E-state index contributed by atoms with van der Waals surface area (Å²) in [5, 5.41) is 8.42. The summed E-state index contributed by atoms with van der Waals surface area (Å²) in [5.41, 5.74) is 7.72. The number of nitrogens with zero attached hydrogens (tertiary/aromatic N) is 4. The van der Waals surface area contributed by atoms with Crippen molar-refractivity contribution < 1.29 is 8.78 Å². The van der Waals surface area contributed by atoms with Gasteiger partial charge in [0, 0.05) is 24.4 Å². The Bertz CT molecular complexity index is 791. The first-order valence-corrected chi connectivity index (χ1v) is 6.42. The Morgan fingerprint density at radius 2 is 2.05 bits per heavy atom. The van der Waals surface area contributed by atoms with Crippen molar-refractivity contribution in [2.45, 2.75) is 13.5 Å². The lowest BCUT2D eigenvalue weighted by Crippen LogP contribution is -1.99. The minimum absolute atomic E-state index is 0.136. The molecule has 0 fully saturated rings. The van der Waals surface area contributed by atoms with Crippen molar-refractivity contribution in [3.05, 3.63) is 48.4 Å². The first kappa shape index (κ1) is 13.3. The zero-order valence-electron chi connectivity index (χ0n) is 11.3. The van der Waals surface area contributed by atoms with Gasteiger partial charge in [-0.1, -0.05) is 0 Å². The molecule has 0 radical (unpaired) electrons. The fourth-order valence-electron chi connectivity index (χ4n) is 2.06. The molecule has 1 aromatic carbocycles. The highest BCUT2D eigenvalue weighted by molar-refractivity contribution is 5.71. The minimum atomic E-state index is -0.701. The number of hydrogen-bond donors (Lipinski definition) is 1. The first-order valence-electron chi connectivity index (χ1n) is 6.42. The molecule has 7 heteroatoms. The van der Waals surface area contributed by atoms with Crippen LogP contribution in [0.5, 0.6) is 0 Å². The van der Waals surface area contributed by atoms with Gasteiger partial charge in [0.25, 0.3) is 0 Å². The number of nitrogens with two attached hydrogens (primary N) is 1. The number of aryl methyl sites for hydroxylation is 1. The number of anilines is 1. The number of hydrogen-bond acceptors (Lipinski definition) is 3. The summed E-state index contributed by atoms with van der Waals surface area (Å²) in [6, 6.07) is 3.30. The highest BCUT2D eigenvalue weighted by atomic mass is 19.1. The highest BCUT2D eigenvalue weighted by Crippen LogP contribution is 2.25. The molecule has 0 aliphatic carbocycles. The number of rotatable bonds is 3. The minimum Gasteiger partial charge on any atom is -0.396 e. The molecule has 2 N–H and O–H groups in total. The molecule has 0 saturated heterocycles. The Labute approximate surface area is 119 Å². The van der Waals surface area contributed by atoms with Gasteiger partial charge >= 0.3 is 0 Å². The van der Waals surface area contributed by atoms with Gasteiger partial charge in [-0.15, -0.1) is 0 Å². The molecule has 3 rings (SSSR count). The second-order valence-corrected chi connectivity index (χ2v) is 4.56. The lowest BCUT2D eigenvalue weighted by atomic mass is 10.2. The van der Waals surface area contributed by atoms with Crippen molar-refractivity contribution in [3.8, 4) is 16.9 Å². The van der Waals surface area contributed by atoms with Crippen LogP contribution in [-0.4, -0.2) is 19.6 Å². The molecule has 0 bridgehead atoms. The van der Waals surface area contributed by atoms with Gasteiger partial charge in [0.05, 0.1) is 18.1 Å². The number of halogens is 2. The van der Waals surface area contributed by atoms with Gasteiger partial charge in [-0.25, -0.2) is 13.5 Å². The van der Waals surface area contributed by atoms with Gasteiger partial charge in [-0.3, -0.25) is 4.68 Å². The molecule has 2 aromatic heterocycles. The molecule has 2 heterocycles. The predicted molar refractivity (Wildman–Crippen MR) is 74.8 cm³/mol. The van der Waals surface area contributed by atoms with Crippen LogP contribution in [0.3, 0.4) is 0 Å². The zero-order chi connectivity index (χ0) is 15.0. The molecule has 0 spiro atoms. The third kappa shape index (κ3) is 2.37. The maximum absolute atomic E-state index is 13.8. The van der Waals surface area contributed by atoms with Crippen molar-refractivity contribution in [1.82, 2.24) is 19.6 Å². The summed E-state index contributed by atoms with van der Waals surface area (Å²) in [5.74, 6) is -1.34. The Morgan fingerprint density at radius 3 is 2.71 bits per heavy atom. The molecule has 0 saturated carbocycles. The van der Waals surface area contributed by atoms with Gasteiger partial charge in [0.1, 0.15) is 17.2 Å². The third-order valence-corrected chi connectivity index (χ3v) is 3.13. The van der Waals surface area contributed by atoms with Crippen molar-refractivity contribution in [3.63, 3.8) is 0 Å². The van der Waals surface area contributed by atoms with Gasteiger partial charge in [0.2, 0.25) is 0 Å². The van der Waals surface area contributed by atoms with E-state index in [1.807, 2.05) is 13.1 Å². The molecule has 3 aromatic rings. The van der Waals surface area contributed by atoms with E-state index in [0.29, 0.717) is 11.4 Å². The second kappa shape index (κ2) is 5.01. The molecule has 0 aliphatic heterocycles. The fraction of sp³-hybridized carbons (Fsp3) is 0.143. The largest absolute Gasteiger partial charge is 0.396 e. The van der Waals surface area contributed by atoms with Crippen LogP contribution >= 0.6 is 0 Å². The van der Waals surface area contributed by atoms with Crippen LogP contribution in [-0.2, 0) is 6.54 Å². The summed E-state index contributed by atoms with van der Waals surface area (Å²) in [6.45, 7) is 2.69. The van der Waals surface area contributed by atoms with Crippen LogP contribution in [0.4, 0.5) is 14.5 Å². The summed E-state index contributed by atoms with van der Waals surface area (Å²) in [7, 11) is 0. The number of benzene rings is 1. The summed E-state index contributed by atoms with van der Waals surface area (Å²) >= 11 is 0. The second-order valence-electron chi connectivity index (χ2n) is 4.56. The Hall–Kier alpha value is -2.70. The summed E-state index contributed by atoms with van der Waals surface area (Å²) < 4.78 is 29.8. The topological polar surface area (TPSA) is 61.7 Å². The SMILES string of the molecule is CCn1cc(-c2nn(-c3ccc(F)cc3F)cc2N)cn1. The van der Waals surface area contributed by atoms with Crippen LogP contribution in [0.1, 0.15) is 6.92 Å². The number of aromatic nitrogens is 4. The molecule has 21 heavy (non-hydrogen) atoms. The van der Waals surface area contributed by atoms with Gasteiger partial charge in [-0.2, -0.15) is 10.2 Å². The van der Waals surface area contributed by atoms with E-state index < -0.39 is 11.6 Å². The Kier molecular flexibility index (Phi) is 3.17. The standard InChI is InChI=1S/C14H13F2N5/c1-2-20-7-9(6-18-20)14-12(17)8-21(19-14)13-4-3-10(15)5-11(13)16/h3-8H,2,17H2,1H3. The molecule has 0 unspecified atom stereocenters. The van der Waals surface area contributed by atoms with E-state index in [1.165, 1.54) is 23.0 Å². The Balaban J connectivity index is 2.05. The summed E-state index contributed by atoms with van der Waals surface area (Å²) in [4.78, 5) is 0.